The van der Waals surface area contributed by atoms with E-state index in [-0.39, 0.29) is 5.91 Å². The van der Waals surface area contributed by atoms with Gasteiger partial charge < -0.3 is 5.32 Å². The van der Waals surface area contributed by atoms with E-state index in [1.165, 1.54) is 30.4 Å². The van der Waals surface area contributed by atoms with E-state index >= 15 is 0 Å². The molecule has 6 heteroatoms. The van der Waals surface area contributed by atoms with E-state index in [2.05, 4.69) is 87.2 Å². The fourth-order valence-electron chi connectivity index (χ4n) is 5.75. The quantitative estimate of drug-likeness (QED) is 0.194. The molecule has 0 saturated carbocycles. The number of aromatic nitrogens is 2. The number of piperidine rings is 1. The number of hydrogen-bond acceptors (Lipinski definition) is 4. The first-order chi connectivity index (χ1) is 20.1. The number of thiophene rings is 1. The van der Waals surface area contributed by atoms with Crippen LogP contribution in [-0.4, -0.2) is 34.1 Å². The second-order valence-electron chi connectivity index (χ2n) is 11.1. The molecule has 0 unspecified atom stereocenters. The summed E-state index contributed by atoms with van der Waals surface area (Å²) in [5.74, 6) is 0.776. The van der Waals surface area contributed by atoms with E-state index < -0.39 is 0 Å². The van der Waals surface area contributed by atoms with Gasteiger partial charge in [-0.25, -0.2) is 0 Å². The number of amides is 1. The summed E-state index contributed by atoms with van der Waals surface area (Å²) in [6, 6.07) is 27.7. The highest BCUT2D eigenvalue weighted by Crippen LogP contribution is 2.27. The third-order valence-electron chi connectivity index (χ3n) is 7.99. The van der Waals surface area contributed by atoms with Gasteiger partial charge in [-0.15, -0.1) is 11.3 Å². The molecule has 0 atom stereocenters. The van der Waals surface area contributed by atoms with Crippen LogP contribution in [0.2, 0.25) is 0 Å². The van der Waals surface area contributed by atoms with Crippen LogP contribution < -0.4 is 5.32 Å². The Kier molecular flexibility index (Phi) is 8.40. The number of rotatable bonds is 9. The molecule has 3 aromatic carbocycles. The molecule has 0 aliphatic carbocycles. The van der Waals surface area contributed by atoms with Gasteiger partial charge in [-0.1, -0.05) is 66.7 Å². The molecule has 41 heavy (non-hydrogen) atoms. The molecule has 5 nitrogen and oxygen atoms in total. The molecule has 2 N–H and O–H groups in total. The van der Waals surface area contributed by atoms with Crippen molar-refractivity contribution < 1.29 is 4.79 Å². The minimum absolute atomic E-state index is 0.00674. The molecule has 0 radical (unpaired) electrons. The van der Waals surface area contributed by atoms with Crippen LogP contribution in [0, 0.1) is 12.8 Å². The Morgan fingerprint density at radius 3 is 2.63 bits per heavy atom. The fourth-order valence-corrected chi connectivity index (χ4v) is 6.45. The second-order valence-corrected chi connectivity index (χ2v) is 12.1. The summed E-state index contributed by atoms with van der Waals surface area (Å²) in [6.45, 7) is 5.30. The Hall–Kier alpha value is -4.00. The lowest BCUT2D eigenvalue weighted by molar-refractivity contribution is -0.115. The van der Waals surface area contributed by atoms with Gasteiger partial charge >= 0.3 is 0 Å². The predicted octanol–water partition coefficient (Wildman–Crippen LogP) is 7.74. The maximum Gasteiger partial charge on any atom is 0.229 e. The number of anilines is 1. The molecule has 3 heterocycles. The van der Waals surface area contributed by atoms with Crippen molar-refractivity contribution in [2.75, 3.05) is 18.4 Å². The summed E-state index contributed by atoms with van der Waals surface area (Å²) in [5.41, 5.74) is 7.61. The number of fused-ring (bicyclic) bond motifs is 1. The zero-order valence-electron chi connectivity index (χ0n) is 23.5. The Labute approximate surface area is 245 Å². The van der Waals surface area contributed by atoms with Crippen molar-refractivity contribution in [1.82, 2.24) is 15.1 Å². The number of nitrogens with zero attached hydrogens (tertiary/aromatic N) is 2. The second kappa shape index (κ2) is 12.7. The van der Waals surface area contributed by atoms with Gasteiger partial charge in [-0.3, -0.25) is 14.8 Å². The monoisotopic (exact) mass is 560 g/mol. The minimum atomic E-state index is -0.00674. The van der Waals surface area contributed by atoms with Crippen LogP contribution in [0.1, 0.15) is 45.7 Å². The van der Waals surface area contributed by atoms with Crippen LogP contribution in [0.4, 0.5) is 5.69 Å². The van der Waals surface area contributed by atoms with Gasteiger partial charge in [0.1, 0.15) is 0 Å². The van der Waals surface area contributed by atoms with E-state index in [0.717, 1.165) is 63.8 Å². The minimum Gasteiger partial charge on any atom is -0.326 e. The number of benzene rings is 3. The molecule has 1 amide bonds. The molecule has 5 aromatic rings. The number of likely N-dealkylation sites (tertiary alicyclic amines) is 1. The fraction of sp³-hybridized carbons (Fsp3) is 0.257. The van der Waals surface area contributed by atoms with Crippen molar-refractivity contribution in [3.63, 3.8) is 0 Å². The van der Waals surface area contributed by atoms with Crippen LogP contribution in [0.25, 0.3) is 23.1 Å². The summed E-state index contributed by atoms with van der Waals surface area (Å²) >= 11 is 1.60. The summed E-state index contributed by atoms with van der Waals surface area (Å²) in [5, 5.41) is 13.8. The summed E-state index contributed by atoms with van der Waals surface area (Å²) in [4.78, 5) is 16.3. The lowest BCUT2D eigenvalue weighted by Crippen LogP contribution is -2.33. The number of aryl methyl sites for hydroxylation is 1. The van der Waals surface area contributed by atoms with Gasteiger partial charge in [0, 0.05) is 22.5 Å². The van der Waals surface area contributed by atoms with Crippen LogP contribution in [-0.2, 0) is 24.2 Å². The molecule has 0 spiro atoms. The standard InChI is InChI=1S/C35H36N4OS/c1-25-19-34-31(23-33(25)36-35(40)22-30-11-6-18-41-30)32(37-38-34)13-12-27-9-5-10-29(21-27)24-39-16-14-28(15-17-39)20-26-7-3-2-4-8-26/h2-13,18-19,21,23,28H,14-17,20,22,24H2,1H3,(H,36,40)(H,37,38)/b13-12+. The molecule has 6 rings (SSSR count). The third-order valence-corrected chi connectivity index (χ3v) is 8.87. The average molecular weight is 561 g/mol. The zero-order valence-corrected chi connectivity index (χ0v) is 24.3. The lowest BCUT2D eigenvalue weighted by atomic mass is 9.90. The molecule has 2 aromatic heterocycles. The Balaban J connectivity index is 1.08. The van der Waals surface area contributed by atoms with E-state index in [1.54, 1.807) is 11.3 Å². The largest absolute Gasteiger partial charge is 0.326 e. The highest BCUT2D eigenvalue weighted by molar-refractivity contribution is 7.10. The number of carbonyl (C=O) groups is 1. The van der Waals surface area contributed by atoms with Gasteiger partial charge in [0.05, 0.1) is 17.6 Å². The normalized spacial score (nSPS) is 14.7. The van der Waals surface area contributed by atoms with Crippen molar-refractivity contribution in [3.8, 4) is 0 Å². The van der Waals surface area contributed by atoms with Crippen molar-refractivity contribution in [2.45, 2.75) is 39.2 Å². The number of hydrogen-bond donors (Lipinski definition) is 2. The Bertz CT molecular complexity index is 1630. The number of aromatic amines is 1. The highest BCUT2D eigenvalue weighted by Gasteiger charge is 2.19. The Morgan fingerprint density at radius 1 is 1.00 bits per heavy atom. The molecule has 1 fully saturated rings. The van der Waals surface area contributed by atoms with Gasteiger partial charge in [0.15, 0.2) is 0 Å². The topological polar surface area (TPSA) is 61.0 Å². The molecule has 0 bridgehead atoms. The molecule has 1 saturated heterocycles. The van der Waals surface area contributed by atoms with Crippen molar-refractivity contribution in [2.24, 2.45) is 5.92 Å². The average Bonchev–Trinajstić information content (AvgIpc) is 3.63. The first-order valence-corrected chi connectivity index (χ1v) is 15.3. The van der Waals surface area contributed by atoms with E-state index in [1.807, 2.05) is 36.6 Å². The maximum absolute atomic E-state index is 12.6. The number of carbonyl (C=O) groups excluding carboxylic acids is 1. The van der Waals surface area contributed by atoms with Gasteiger partial charge in [0.2, 0.25) is 5.91 Å². The van der Waals surface area contributed by atoms with Crippen molar-refractivity contribution in [3.05, 3.63) is 117 Å². The summed E-state index contributed by atoms with van der Waals surface area (Å²) in [6.07, 6.45) is 8.28. The van der Waals surface area contributed by atoms with Gasteiger partial charge in [-0.05, 0) is 97.1 Å². The maximum atomic E-state index is 12.6. The highest BCUT2D eigenvalue weighted by atomic mass is 32.1. The molecule has 1 aliphatic heterocycles. The first kappa shape index (κ1) is 27.2. The molecule has 1 aliphatic rings. The number of nitrogens with one attached hydrogen (secondary N) is 2. The van der Waals surface area contributed by atoms with Gasteiger partial charge in [0.25, 0.3) is 0 Å². The van der Waals surface area contributed by atoms with Crippen molar-refractivity contribution >= 4 is 46.0 Å². The summed E-state index contributed by atoms with van der Waals surface area (Å²) < 4.78 is 0. The molecular weight excluding hydrogens is 524 g/mol. The van der Waals surface area contributed by atoms with Crippen LogP contribution in [0.3, 0.4) is 0 Å². The van der Waals surface area contributed by atoms with Crippen molar-refractivity contribution in [1.29, 1.82) is 0 Å². The smallest absolute Gasteiger partial charge is 0.229 e. The summed E-state index contributed by atoms with van der Waals surface area (Å²) in [7, 11) is 0. The predicted molar refractivity (Wildman–Crippen MR) is 171 cm³/mol. The van der Waals surface area contributed by atoms with Gasteiger partial charge in [-0.2, -0.15) is 5.10 Å². The Morgan fingerprint density at radius 2 is 1.83 bits per heavy atom. The first-order valence-electron chi connectivity index (χ1n) is 14.4. The molecule has 208 valence electrons. The van der Waals surface area contributed by atoms with Crippen LogP contribution in [0.5, 0.6) is 0 Å². The zero-order chi connectivity index (χ0) is 28.0. The third kappa shape index (κ3) is 7.02. The number of H-pyrrole nitrogens is 1. The lowest BCUT2D eigenvalue weighted by Gasteiger charge is -2.32. The van der Waals surface area contributed by atoms with E-state index in [9.17, 15) is 4.79 Å². The van der Waals surface area contributed by atoms with E-state index in [4.69, 9.17) is 0 Å². The van der Waals surface area contributed by atoms with E-state index in [0.29, 0.717) is 6.42 Å². The molecular formula is C35H36N4OS. The van der Waals surface area contributed by atoms with Crippen LogP contribution in [0.15, 0.2) is 84.2 Å². The SMILES string of the molecule is Cc1cc2[nH]nc(/C=C/c3cccc(CN4CCC(Cc5ccccc5)CC4)c3)c2cc1NC(=O)Cc1cccs1. The van der Waals surface area contributed by atoms with Crippen LogP contribution >= 0.6 is 11.3 Å².